The lowest BCUT2D eigenvalue weighted by Gasteiger charge is -2.31. The molecule has 0 aliphatic carbocycles. The Bertz CT molecular complexity index is 303. The van der Waals surface area contributed by atoms with Crippen molar-refractivity contribution in [3.05, 3.63) is 21.9 Å². The largest absolute Gasteiger partial charge is 0.309 e. The average molecular weight is 209 g/mol. The normalized spacial score (nSPS) is 23.6. The van der Waals surface area contributed by atoms with Crippen molar-refractivity contribution in [3.8, 4) is 0 Å². The van der Waals surface area contributed by atoms with Crippen LogP contribution >= 0.6 is 11.3 Å². The van der Waals surface area contributed by atoms with Crippen molar-refractivity contribution in [2.75, 3.05) is 6.54 Å². The molecule has 0 bridgehead atoms. The Kier molecular flexibility index (Phi) is 2.93. The third-order valence-electron chi connectivity index (χ3n) is 3.40. The number of hydrogen-bond donors (Lipinski definition) is 1. The van der Waals surface area contributed by atoms with Gasteiger partial charge in [-0.25, -0.2) is 0 Å². The molecule has 1 aromatic rings. The first kappa shape index (κ1) is 10.2. The van der Waals surface area contributed by atoms with Crippen molar-refractivity contribution in [1.29, 1.82) is 0 Å². The molecule has 2 unspecified atom stereocenters. The molecular formula is C12H19NS. The summed E-state index contributed by atoms with van der Waals surface area (Å²) in [6, 6.07) is 2.89. The molecule has 0 saturated carbocycles. The van der Waals surface area contributed by atoms with Gasteiger partial charge in [0.1, 0.15) is 0 Å². The number of hydrogen-bond acceptors (Lipinski definition) is 2. The van der Waals surface area contributed by atoms with Crippen LogP contribution in [-0.4, -0.2) is 6.54 Å². The summed E-state index contributed by atoms with van der Waals surface area (Å²) in [7, 11) is 0. The molecule has 0 saturated heterocycles. The molecule has 2 atom stereocenters. The Labute approximate surface area is 90.5 Å². The van der Waals surface area contributed by atoms with Crippen LogP contribution in [0.25, 0.3) is 0 Å². The molecule has 0 radical (unpaired) electrons. The third-order valence-corrected chi connectivity index (χ3v) is 4.44. The van der Waals surface area contributed by atoms with Gasteiger partial charge in [0.05, 0.1) is 0 Å². The standard InChI is InChI=1S/C12H19NS/c1-8(2)9(3)11-12-10(4-6-13-11)5-7-14-12/h5,7-9,11,13H,4,6H2,1-3H3. The molecule has 14 heavy (non-hydrogen) atoms. The number of rotatable bonds is 2. The third kappa shape index (κ3) is 1.73. The minimum atomic E-state index is 0.596. The molecule has 2 heteroatoms. The molecular weight excluding hydrogens is 190 g/mol. The zero-order valence-corrected chi connectivity index (χ0v) is 10.0. The first-order valence-corrected chi connectivity index (χ1v) is 6.37. The van der Waals surface area contributed by atoms with Gasteiger partial charge in [-0.1, -0.05) is 20.8 Å². The Balaban J connectivity index is 2.23. The van der Waals surface area contributed by atoms with E-state index in [-0.39, 0.29) is 0 Å². The Morgan fingerprint density at radius 3 is 2.93 bits per heavy atom. The fourth-order valence-electron chi connectivity index (χ4n) is 2.09. The summed E-state index contributed by atoms with van der Waals surface area (Å²) in [5.74, 6) is 1.48. The van der Waals surface area contributed by atoms with Gasteiger partial charge in [0.15, 0.2) is 0 Å². The maximum Gasteiger partial charge on any atom is 0.0446 e. The molecule has 0 spiro atoms. The molecule has 0 amide bonds. The molecule has 2 rings (SSSR count). The van der Waals surface area contributed by atoms with Gasteiger partial charge in [-0.05, 0) is 41.8 Å². The Morgan fingerprint density at radius 2 is 2.21 bits per heavy atom. The van der Waals surface area contributed by atoms with Crippen LogP contribution in [0.5, 0.6) is 0 Å². The van der Waals surface area contributed by atoms with E-state index in [1.807, 2.05) is 11.3 Å². The molecule has 1 N–H and O–H groups in total. The topological polar surface area (TPSA) is 12.0 Å². The van der Waals surface area contributed by atoms with Crippen molar-refractivity contribution in [1.82, 2.24) is 5.32 Å². The zero-order chi connectivity index (χ0) is 10.1. The lowest BCUT2D eigenvalue weighted by atomic mass is 9.86. The van der Waals surface area contributed by atoms with E-state index in [9.17, 15) is 0 Å². The van der Waals surface area contributed by atoms with E-state index in [0.717, 1.165) is 18.4 Å². The van der Waals surface area contributed by atoms with E-state index in [4.69, 9.17) is 0 Å². The molecule has 1 nitrogen and oxygen atoms in total. The summed E-state index contributed by atoms with van der Waals surface area (Å²) < 4.78 is 0. The summed E-state index contributed by atoms with van der Waals surface area (Å²) in [5.41, 5.74) is 1.58. The van der Waals surface area contributed by atoms with Crippen LogP contribution in [0.1, 0.15) is 37.3 Å². The van der Waals surface area contributed by atoms with Crippen LogP contribution in [0.2, 0.25) is 0 Å². The van der Waals surface area contributed by atoms with Crippen LogP contribution < -0.4 is 5.32 Å². The smallest absolute Gasteiger partial charge is 0.0446 e. The first-order valence-electron chi connectivity index (χ1n) is 5.50. The number of thiophene rings is 1. The molecule has 1 aliphatic rings. The van der Waals surface area contributed by atoms with E-state index >= 15 is 0 Å². The number of nitrogens with one attached hydrogen (secondary N) is 1. The van der Waals surface area contributed by atoms with E-state index in [0.29, 0.717) is 6.04 Å². The molecule has 1 aromatic heterocycles. The van der Waals surface area contributed by atoms with Crippen molar-refractivity contribution in [2.24, 2.45) is 11.8 Å². The van der Waals surface area contributed by atoms with Crippen LogP contribution in [0, 0.1) is 11.8 Å². The van der Waals surface area contributed by atoms with Crippen LogP contribution in [0.4, 0.5) is 0 Å². The van der Waals surface area contributed by atoms with Gasteiger partial charge < -0.3 is 5.32 Å². The predicted octanol–water partition coefficient (Wildman–Crippen LogP) is 3.23. The predicted molar refractivity (Wildman–Crippen MR) is 62.8 cm³/mol. The minimum Gasteiger partial charge on any atom is -0.309 e. The quantitative estimate of drug-likeness (QED) is 0.788. The molecule has 1 aliphatic heterocycles. The van der Waals surface area contributed by atoms with E-state index < -0.39 is 0 Å². The Hall–Kier alpha value is -0.340. The number of fused-ring (bicyclic) bond motifs is 1. The maximum absolute atomic E-state index is 3.65. The summed E-state index contributed by atoms with van der Waals surface area (Å²) in [6.07, 6.45) is 1.21. The van der Waals surface area contributed by atoms with E-state index in [1.165, 1.54) is 6.42 Å². The van der Waals surface area contributed by atoms with E-state index in [1.54, 1.807) is 10.4 Å². The van der Waals surface area contributed by atoms with Crippen LogP contribution in [0.15, 0.2) is 11.4 Å². The van der Waals surface area contributed by atoms with Crippen molar-refractivity contribution >= 4 is 11.3 Å². The average Bonchev–Trinajstić information content (AvgIpc) is 2.63. The van der Waals surface area contributed by atoms with Crippen molar-refractivity contribution < 1.29 is 0 Å². The minimum absolute atomic E-state index is 0.596. The lowest BCUT2D eigenvalue weighted by molar-refractivity contribution is 0.299. The maximum atomic E-state index is 3.65. The fourth-order valence-corrected chi connectivity index (χ4v) is 3.24. The molecule has 78 valence electrons. The van der Waals surface area contributed by atoms with Crippen LogP contribution in [0.3, 0.4) is 0 Å². The van der Waals surface area contributed by atoms with Gasteiger partial charge in [0, 0.05) is 10.9 Å². The fraction of sp³-hybridized carbons (Fsp3) is 0.667. The van der Waals surface area contributed by atoms with E-state index in [2.05, 4.69) is 37.5 Å². The second-order valence-corrected chi connectivity index (χ2v) is 5.54. The monoisotopic (exact) mass is 209 g/mol. The zero-order valence-electron chi connectivity index (χ0n) is 9.21. The highest BCUT2D eigenvalue weighted by Crippen LogP contribution is 2.35. The Morgan fingerprint density at radius 1 is 1.43 bits per heavy atom. The second kappa shape index (κ2) is 4.03. The SMILES string of the molecule is CC(C)C(C)C1NCCc2ccsc21. The summed E-state index contributed by atoms with van der Waals surface area (Å²) in [6.45, 7) is 8.13. The molecule has 0 fully saturated rings. The molecule has 0 aromatic carbocycles. The lowest BCUT2D eigenvalue weighted by Crippen LogP contribution is -2.34. The summed E-state index contributed by atoms with van der Waals surface area (Å²) in [5, 5.41) is 5.89. The first-order chi connectivity index (χ1) is 6.70. The highest BCUT2D eigenvalue weighted by Gasteiger charge is 2.27. The van der Waals surface area contributed by atoms with Crippen molar-refractivity contribution in [2.45, 2.75) is 33.2 Å². The van der Waals surface area contributed by atoms with Gasteiger partial charge in [-0.3, -0.25) is 0 Å². The van der Waals surface area contributed by atoms with Gasteiger partial charge in [0.25, 0.3) is 0 Å². The summed E-state index contributed by atoms with van der Waals surface area (Å²) >= 11 is 1.92. The summed E-state index contributed by atoms with van der Waals surface area (Å²) in [4.78, 5) is 1.58. The molecule has 2 heterocycles. The van der Waals surface area contributed by atoms with Gasteiger partial charge in [0.2, 0.25) is 0 Å². The highest BCUT2D eigenvalue weighted by atomic mass is 32.1. The van der Waals surface area contributed by atoms with Crippen molar-refractivity contribution in [3.63, 3.8) is 0 Å². The van der Waals surface area contributed by atoms with Gasteiger partial charge in [-0.2, -0.15) is 0 Å². The highest BCUT2D eigenvalue weighted by molar-refractivity contribution is 7.10. The van der Waals surface area contributed by atoms with Crippen LogP contribution in [-0.2, 0) is 6.42 Å². The van der Waals surface area contributed by atoms with Gasteiger partial charge in [-0.15, -0.1) is 11.3 Å². The second-order valence-electron chi connectivity index (χ2n) is 4.60. The van der Waals surface area contributed by atoms with Gasteiger partial charge >= 0.3 is 0 Å².